The van der Waals surface area contributed by atoms with Gasteiger partial charge in [0.1, 0.15) is 17.2 Å². The zero-order valence-corrected chi connectivity index (χ0v) is 19.0. The smallest absolute Gasteiger partial charge is 0.149 e. The largest absolute Gasteiger partial charge is 0.495 e. The second-order valence-electron chi connectivity index (χ2n) is 8.13. The number of ether oxygens (including phenoxy) is 3. The Morgan fingerprint density at radius 3 is 2.70 bits per heavy atom. The van der Waals surface area contributed by atoms with E-state index < -0.39 is 0 Å². The summed E-state index contributed by atoms with van der Waals surface area (Å²) >= 11 is 0. The lowest BCUT2D eigenvalue weighted by atomic mass is 10.1. The van der Waals surface area contributed by atoms with Crippen LogP contribution in [0.15, 0.2) is 54.7 Å². The Hall–Kier alpha value is -3.42. The van der Waals surface area contributed by atoms with Crippen LogP contribution in [-0.2, 0) is 4.74 Å². The highest BCUT2D eigenvalue weighted by Gasteiger charge is 2.14. The van der Waals surface area contributed by atoms with Crippen molar-refractivity contribution in [3.05, 3.63) is 60.4 Å². The molecule has 2 aromatic heterocycles. The molecule has 1 saturated heterocycles. The van der Waals surface area contributed by atoms with Crippen molar-refractivity contribution in [3.8, 4) is 17.2 Å². The molecule has 170 valence electrons. The molecule has 1 aliphatic heterocycles. The van der Waals surface area contributed by atoms with Crippen molar-refractivity contribution in [1.29, 1.82) is 0 Å². The summed E-state index contributed by atoms with van der Waals surface area (Å²) in [4.78, 5) is 11.7. The molecule has 0 unspecified atom stereocenters. The van der Waals surface area contributed by atoms with Crippen molar-refractivity contribution in [2.75, 3.05) is 51.8 Å². The van der Waals surface area contributed by atoms with Gasteiger partial charge in [-0.1, -0.05) is 18.2 Å². The van der Waals surface area contributed by atoms with Gasteiger partial charge in [-0.15, -0.1) is 0 Å². The summed E-state index contributed by atoms with van der Waals surface area (Å²) in [5.74, 6) is 2.21. The van der Waals surface area contributed by atoms with Gasteiger partial charge in [-0.25, -0.2) is 4.98 Å². The van der Waals surface area contributed by atoms with Gasteiger partial charge in [-0.2, -0.15) is 0 Å². The Balaban J connectivity index is 1.40. The molecule has 0 radical (unpaired) electrons. The van der Waals surface area contributed by atoms with E-state index in [1.165, 1.54) is 0 Å². The minimum absolute atomic E-state index is 0.721. The Morgan fingerprint density at radius 1 is 1.00 bits per heavy atom. The molecule has 0 atom stereocenters. The van der Waals surface area contributed by atoms with Crippen molar-refractivity contribution in [3.63, 3.8) is 0 Å². The number of nitrogens with one attached hydrogen (secondary N) is 1. The maximum absolute atomic E-state index is 6.33. The minimum Gasteiger partial charge on any atom is -0.495 e. The second kappa shape index (κ2) is 9.60. The van der Waals surface area contributed by atoms with Crippen molar-refractivity contribution in [1.82, 2.24) is 14.9 Å². The third-order valence-corrected chi connectivity index (χ3v) is 5.96. The van der Waals surface area contributed by atoms with Crippen LogP contribution in [0.25, 0.3) is 21.8 Å². The van der Waals surface area contributed by atoms with E-state index in [2.05, 4.69) is 20.2 Å². The molecule has 0 amide bonds. The van der Waals surface area contributed by atoms with Crippen LogP contribution in [-0.4, -0.2) is 61.4 Å². The Kier molecular flexibility index (Phi) is 6.24. The number of aryl methyl sites for hydroxylation is 1. The van der Waals surface area contributed by atoms with Crippen molar-refractivity contribution in [2.24, 2.45) is 0 Å². The van der Waals surface area contributed by atoms with E-state index in [0.717, 1.165) is 89.8 Å². The lowest BCUT2D eigenvalue weighted by molar-refractivity contribution is 0.0398. The molecule has 5 rings (SSSR count). The third-order valence-electron chi connectivity index (χ3n) is 5.96. The third kappa shape index (κ3) is 4.69. The summed E-state index contributed by atoms with van der Waals surface area (Å²) in [7, 11) is 1.68. The molecule has 2 aromatic carbocycles. The highest BCUT2D eigenvalue weighted by atomic mass is 16.5. The maximum Gasteiger partial charge on any atom is 0.149 e. The van der Waals surface area contributed by atoms with Gasteiger partial charge in [0.25, 0.3) is 0 Å². The number of benzene rings is 2. The van der Waals surface area contributed by atoms with Crippen LogP contribution in [0.3, 0.4) is 0 Å². The summed E-state index contributed by atoms with van der Waals surface area (Å²) in [6.45, 7) is 7.29. The van der Waals surface area contributed by atoms with Gasteiger partial charge >= 0.3 is 0 Å². The van der Waals surface area contributed by atoms with Gasteiger partial charge in [0.2, 0.25) is 0 Å². The first kappa shape index (κ1) is 21.4. The fourth-order valence-electron chi connectivity index (χ4n) is 4.13. The number of pyridine rings is 2. The van der Waals surface area contributed by atoms with Crippen molar-refractivity contribution >= 4 is 27.5 Å². The zero-order chi connectivity index (χ0) is 22.6. The second-order valence-corrected chi connectivity index (χ2v) is 8.13. The quantitative estimate of drug-likeness (QED) is 0.445. The first-order valence-electron chi connectivity index (χ1n) is 11.3. The van der Waals surface area contributed by atoms with Gasteiger partial charge in [-0.05, 0) is 37.3 Å². The number of morpholine rings is 1. The molecule has 1 fully saturated rings. The van der Waals surface area contributed by atoms with E-state index in [0.29, 0.717) is 0 Å². The number of methoxy groups -OCH3 is 1. The van der Waals surface area contributed by atoms with Gasteiger partial charge in [0, 0.05) is 43.1 Å². The van der Waals surface area contributed by atoms with E-state index in [-0.39, 0.29) is 0 Å². The number of hydrogen-bond donors (Lipinski definition) is 1. The predicted octanol–water partition coefficient (Wildman–Crippen LogP) is 4.64. The molecule has 0 aliphatic carbocycles. The summed E-state index contributed by atoms with van der Waals surface area (Å²) in [6, 6.07) is 16.0. The summed E-state index contributed by atoms with van der Waals surface area (Å²) in [5.41, 5.74) is 3.56. The lowest BCUT2D eigenvalue weighted by Gasteiger charge is -2.26. The molecular weight excluding hydrogens is 416 g/mol. The lowest BCUT2D eigenvalue weighted by Crippen LogP contribution is -2.39. The topological polar surface area (TPSA) is 68.7 Å². The van der Waals surface area contributed by atoms with Crippen LogP contribution in [0.5, 0.6) is 17.2 Å². The Morgan fingerprint density at radius 2 is 1.85 bits per heavy atom. The molecule has 1 N–H and O–H groups in total. The van der Waals surface area contributed by atoms with E-state index in [1.807, 2.05) is 55.5 Å². The van der Waals surface area contributed by atoms with Crippen LogP contribution >= 0.6 is 0 Å². The van der Waals surface area contributed by atoms with Crippen LogP contribution in [0.4, 0.5) is 5.69 Å². The Bertz CT molecular complexity index is 1270. The molecule has 1 aliphatic rings. The Labute approximate surface area is 193 Å². The number of hydrogen-bond acceptors (Lipinski definition) is 7. The van der Waals surface area contributed by atoms with E-state index in [9.17, 15) is 0 Å². The monoisotopic (exact) mass is 444 g/mol. The zero-order valence-electron chi connectivity index (χ0n) is 19.0. The number of anilines is 1. The van der Waals surface area contributed by atoms with Crippen LogP contribution in [0, 0.1) is 6.92 Å². The molecule has 33 heavy (non-hydrogen) atoms. The fourth-order valence-corrected chi connectivity index (χ4v) is 4.13. The fraction of sp³-hybridized carbons (Fsp3) is 0.308. The van der Waals surface area contributed by atoms with Gasteiger partial charge < -0.3 is 19.5 Å². The van der Waals surface area contributed by atoms with E-state index in [4.69, 9.17) is 14.2 Å². The molecule has 0 bridgehead atoms. The maximum atomic E-state index is 6.33. The number of rotatable bonds is 7. The first-order chi connectivity index (χ1) is 16.2. The highest BCUT2D eigenvalue weighted by Crippen LogP contribution is 2.36. The molecule has 7 nitrogen and oxygen atoms in total. The van der Waals surface area contributed by atoms with E-state index in [1.54, 1.807) is 13.3 Å². The number of fused-ring (bicyclic) bond motifs is 2. The van der Waals surface area contributed by atoms with Gasteiger partial charge in [-0.3, -0.25) is 9.88 Å². The van der Waals surface area contributed by atoms with Crippen LogP contribution in [0.2, 0.25) is 0 Å². The molecule has 7 heteroatoms. The van der Waals surface area contributed by atoms with Crippen molar-refractivity contribution in [2.45, 2.75) is 6.92 Å². The van der Waals surface area contributed by atoms with E-state index >= 15 is 0 Å². The van der Waals surface area contributed by atoms with Gasteiger partial charge in [0.05, 0.1) is 42.7 Å². The standard InChI is InChI=1S/C26H28N4O3/c1-18-25(15-19-5-3-4-6-21(19)29-18)33-24-7-8-27-22-17-23(26(31-2)16-20(22)24)28-9-10-30-11-13-32-14-12-30/h3-8,15-17,28H,9-14H2,1-2H3. The predicted molar refractivity (Wildman–Crippen MR) is 131 cm³/mol. The number of para-hydroxylation sites is 1. The minimum atomic E-state index is 0.721. The van der Waals surface area contributed by atoms with Gasteiger partial charge in [0.15, 0.2) is 0 Å². The van der Waals surface area contributed by atoms with Crippen LogP contribution in [0.1, 0.15) is 5.69 Å². The molecular formula is C26H28N4O3. The SMILES string of the molecule is COc1cc2c(Oc3cc4ccccc4nc3C)ccnc2cc1NCCN1CCOCC1. The average Bonchev–Trinajstić information content (AvgIpc) is 2.85. The molecule has 0 saturated carbocycles. The summed E-state index contributed by atoms with van der Waals surface area (Å²) < 4.78 is 17.4. The summed E-state index contributed by atoms with van der Waals surface area (Å²) in [5, 5.41) is 5.44. The molecule has 3 heterocycles. The molecule has 4 aromatic rings. The molecule has 0 spiro atoms. The van der Waals surface area contributed by atoms with Crippen molar-refractivity contribution < 1.29 is 14.2 Å². The number of nitrogens with zero attached hydrogens (tertiary/aromatic N) is 3. The average molecular weight is 445 g/mol. The summed E-state index contributed by atoms with van der Waals surface area (Å²) in [6.07, 6.45) is 1.77. The van der Waals surface area contributed by atoms with Crippen LogP contribution < -0.4 is 14.8 Å². The first-order valence-corrected chi connectivity index (χ1v) is 11.3. The number of aromatic nitrogens is 2. The normalized spacial score (nSPS) is 14.5. The highest BCUT2D eigenvalue weighted by molar-refractivity contribution is 5.91.